The van der Waals surface area contributed by atoms with Crippen LogP contribution in [0.3, 0.4) is 0 Å². The van der Waals surface area contributed by atoms with Gasteiger partial charge in [-0.25, -0.2) is 8.42 Å². The van der Waals surface area contributed by atoms with Gasteiger partial charge < -0.3 is 19.7 Å². The van der Waals surface area contributed by atoms with E-state index in [1.807, 2.05) is 19.1 Å². The van der Waals surface area contributed by atoms with Crippen LogP contribution in [0.15, 0.2) is 54.1 Å². The number of Topliss-reactive ketones (excluding diaryl/α,β-unsaturated/α-hetero) is 1. The van der Waals surface area contributed by atoms with Crippen molar-refractivity contribution in [1.82, 2.24) is 4.31 Å². The number of fused-ring (bicyclic) bond motifs is 1. The molecule has 3 saturated carbocycles. The molecule has 8 nitrogen and oxygen atoms in total. The Hall–Kier alpha value is -2.50. The molecule has 2 aromatic rings. The zero-order valence-corrected chi connectivity index (χ0v) is 30.5. The maximum atomic E-state index is 14.7. The molecule has 48 heavy (non-hydrogen) atoms. The van der Waals surface area contributed by atoms with Crippen molar-refractivity contribution in [3.05, 3.63) is 69.5 Å². The predicted octanol–water partition coefficient (Wildman–Crippen LogP) is 6.31. The fraction of sp³-hybridized carbons (Fsp3) is 0.605. The molecule has 0 saturated heterocycles. The van der Waals surface area contributed by atoms with Crippen LogP contribution in [0.4, 0.5) is 0 Å². The van der Waals surface area contributed by atoms with Gasteiger partial charge >= 0.3 is 0 Å². The molecule has 260 valence electrons. The van der Waals surface area contributed by atoms with Gasteiger partial charge in [0.05, 0.1) is 37.1 Å². The lowest BCUT2D eigenvalue weighted by molar-refractivity contribution is -0.173. The van der Waals surface area contributed by atoms with Gasteiger partial charge in [0, 0.05) is 51.4 Å². The highest BCUT2D eigenvalue weighted by Gasteiger charge is 2.74. The zero-order chi connectivity index (χ0) is 34.5. The molecule has 6 aliphatic rings. The van der Waals surface area contributed by atoms with E-state index in [9.17, 15) is 23.4 Å². The zero-order valence-electron chi connectivity index (χ0n) is 28.9. The maximum absolute atomic E-state index is 14.7. The summed E-state index contributed by atoms with van der Waals surface area (Å²) in [5.74, 6) is 1.28. The largest absolute Gasteiger partial charge is 0.497 e. The molecule has 10 heteroatoms. The Morgan fingerprint density at radius 2 is 1.71 bits per heavy atom. The van der Waals surface area contributed by atoms with Crippen LogP contribution >= 0.6 is 11.3 Å². The van der Waals surface area contributed by atoms with Crippen molar-refractivity contribution in [3.63, 3.8) is 0 Å². The Morgan fingerprint density at radius 1 is 1.00 bits per heavy atom. The van der Waals surface area contributed by atoms with Gasteiger partial charge in [-0.1, -0.05) is 38.1 Å². The SMILES string of the molecule is COc1ccc(CN(C[C@]2(O)CC[C@H]3[C@]45C=C[C@@]6(C=C4C(=O)c4ccc(C)s4)CC(O)CC[C@]6(C)[C@H]5CC[C@@]32C)S(C)(=O)=O)c(OC)c1. The number of sulfonamides is 1. The summed E-state index contributed by atoms with van der Waals surface area (Å²) in [6, 6.07) is 9.25. The first kappa shape index (κ1) is 34.0. The second-order valence-electron chi connectivity index (χ2n) is 15.8. The van der Waals surface area contributed by atoms with Gasteiger partial charge in [0.15, 0.2) is 5.78 Å². The summed E-state index contributed by atoms with van der Waals surface area (Å²) in [5.41, 5.74) is -1.62. The Balaban J connectivity index is 1.30. The molecule has 1 heterocycles. The highest BCUT2D eigenvalue weighted by atomic mass is 32.2. The average molecular weight is 696 g/mol. The molecule has 2 bridgehead atoms. The summed E-state index contributed by atoms with van der Waals surface area (Å²) in [7, 11) is -0.620. The highest BCUT2D eigenvalue weighted by Crippen LogP contribution is 2.78. The molecular weight excluding hydrogens is 647 g/mol. The van der Waals surface area contributed by atoms with E-state index in [1.165, 1.54) is 21.9 Å². The van der Waals surface area contributed by atoms with Crippen LogP contribution in [-0.2, 0) is 16.6 Å². The Bertz CT molecular complexity index is 1820. The molecule has 1 aromatic carbocycles. The smallest absolute Gasteiger partial charge is 0.211 e. The molecule has 3 fully saturated rings. The Morgan fingerprint density at radius 3 is 2.38 bits per heavy atom. The first-order valence-corrected chi connectivity index (χ1v) is 19.8. The van der Waals surface area contributed by atoms with Gasteiger partial charge in [0.25, 0.3) is 0 Å². The molecule has 2 N–H and O–H groups in total. The third-order valence-corrected chi connectivity index (χ3v) is 15.9. The van der Waals surface area contributed by atoms with Gasteiger partial charge in [-0.2, -0.15) is 4.31 Å². The predicted molar refractivity (Wildman–Crippen MR) is 187 cm³/mol. The molecule has 1 aromatic heterocycles. The number of rotatable bonds is 9. The number of hydrogen-bond acceptors (Lipinski definition) is 8. The minimum Gasteiger partial charge on any atom is -0.497 e. The molecule has 6 aliphatic carbocycles. The van der Waals surface area contributed by atoms with Crippen LogP contribution in [0, 0.1) is 40.4 Å². The number of ketones is 1. The van der Waals surface area contributed by atoms with E-state index in [0.717, 1.165) is 41.0 Å². The lowest BCUT2D eigenvalue weighted by Gasteiger charge is -2.71. The number of carbonyl (C=O) groups excluding carboxylic acids is 1. The number of aryl methyl sites for hydroxylation is 1. The molecule has 0 amide bonds. The van der Waals surface area contributed by atoms with Crippen molar-refractivity contribution in [3.8, 4) is 11.5 Å². The standard InChI is InChI=1S/C38H49NO7S2/c1-24-7-10-30(47-24)33(41)28-21-36-17-18-38(28)31(34(36,2)14-11-26(40)20-36)12-15-35(3)32(38)13-16-37(35,42)23-39(48(6,43)44)22-25-8-9-27(45-4)19-29(25)46-5/h7-10,17-19,21,26,31-32,40,42H,11-16,20,22-23H2,1-6H3/t26?,31-,32-,34-,35+,36+,37-,38-/m1/s1. The first-order chi connectivity index (χ1) is 22.6. The summed E-state index contributed by atoms with van der Waals surface area (Å²) in [6.45, 7) is 6.52. The van der Waals surface area contributed by atoms with Crippen LogP contribution in [-0.4, -0.2) is 67.4 Å². The molecule has 8 rings (SSSR count). The second-order valence-corrected chi connectivity index (χ2v) is 19.0. The van der Waals surface area contributed by atoms with Crippen molar-refractivity contribution in [1.29, 1.82) is 0 Å². The summed E-state index contributed by atoms with van der Waals surface area (Å²) in [6.07, 6.45) is 12.5. The van der Waals surface area contributed by atoms with Crippen LogP contribution < -0.4 is 9.47 Å². The fourth-order valence-electron chi connectivity index (χ4n) is 11.0. The van der Waals surface area contributed by atoms with E-state index in [-0.39, 0.29) is 36.1 Å². The average Bonchev–Trinajstić information content (AvgIpc) is 3.60. The van der Waals surface area contributed by atoms with E-state index in [1.54, 1.807) is 32.4 Å². The lowest BCUT2D eigenvalue weighted by Crippen LogP contribution is -2.67. The fourth-order valence-corrected chi connectivity index (χ4v) is 12.7. The maximum Gasteiger partial charge on any atom is 0.211 e. The van der Waals surface area contributed by atoms with Crippen molar-refractivity contribution < 1.29 is 32.9 Å². The van der Waals surface area contributed by atoms with Crippen molar-refractivity contribution in [2.45, 2.75) is 84.0 Å². The second kappa shape index (κ2) is 11.3. The summed E-state index contributed by atoms with van der Waals surface area (Å²) >= 11 is 1.52. The number of ether oxygens (including phenoxy) is 2. The summed E-state index contributed by atoms with van der Waals surface area (Å²) in [5, 5.41) is 23.8. The van der Waals surface area contributed by atoms with Crippen molar-refractivity contribution in [2.24, 2.45) is 33.5 Å². The van der Waals surface area contributed by atoms with Crippen molar-refractivity contribution in [2.75, 3.05) is 27.0 Å². The number of nitrogens with zero attached hydrogens (tertiary/aromatic N) is 1. The van der Waals surface area contributed by atoms with Gasteiger partial charge in [0.1, 0.15) is 11.5 Å². The first-order valence-electron chi connectivity index (χ1n) is 17.2. The lowest BCUT2D eigenvalue weighted by atomic mass is 9.32. The quantitative estimate of drug-likeness (QED) is 0.234. The van der Waals surface area contributed by atoms with E-state index in [0.29, 0.717) is 36.3 Å². The molecule has 8 atom stereocenters. The third kappa shape index (κ3) is 4.69. The van der Waals surface area contributed by atoms with Gasteiger partial charge in [0.2, 0.25) is 10.0 Å². The van der Waals surface area contributed by atoms with Crippen LogP contribution in [0.2, 0.25) is 0 Å². The summed E-state index contributed by atoms with van der Waals surface area (Å²) in [4.78, 5) is 16.5. The number of hydrogen-bond donors (Lipinski definition) is 2. The number of carbonyl (C=O) groups is 1. The van der Waals surface area contributed by atoms with E-state index in [2.05, 4.69) is 32.1 Å². The topological polar surface area (TPSA) is 113 Å². The molecule has 0 radical (unpaired) electrons. The molecular formula is C38H49NO7S2. The van der Waals surface area contributed by atoms with Crippen LogP contribution in [0.25, 0.3) is 0 Å². The molecule has 0 aliphatic heterocycles. The van der Waals surface area contributed by atoms with Crippen LogP contribution in [0.5, 0.6) is 11.5 Å². The number of aliphatic hydroxyl groups excluding tert-OH is 1. The highest BCUT2D eigenvalue weighted by molar-refractivity contribution is 7.88. The van der Waals surface area contributed by atoms with Crippen LogP contribution in [0.1, 0.15) is 78.9 Å². The van der Waals surface area contributed by atoms with E-state index in [4.69, 9.17) is 9.47 Å². The van der Waals surface area contributed by atoms with Gasteiger partial charge in [-0.05, 0) is 87.3 Å². The van der Waals surface area contributed by atoms with Crippen molar-refractivity contribution >= 4 is 27.1 Å². The van der Waals surface area contributed by atoms with E-state index < -0.39 is 38.0 Å². The number of allylic oxidation sites excluding steroid dienone is 4. The number of thiophene rings is 1. The monoisotopic (exact) mass is 695 g/mol. The Kier molecular flexibility index (Phi) is 7.96. The Labute approximate surface area is 288 Å². The van der Waals surface area contributed by atoms with Gasteiger partial charge in [-0.15, -0.1) is 11.3 Å². The molecule has 1 unspecified atom stereocenters. The molecule has 2 spiro atoms. The summed E-state index contributed by atoms with van der Waals surface area (Å²) < 4.78 is 39.1. The number of benzene rings is 1. The van der Waals surface area contributed by atoms with Gasteiger partial charge in [-0.3, -0.25) is 4.79 Å². The minimum absolute atomic E-state index is 0.0486. The number of aliphatic hydroxyl groups is 2. The number of methoxy groups -OCH3 is 2. The third-order valence-electron chi connectivity index (χ3n) is 13.7. The normalized spacial score (nSPS) is 38.3. The van der Waals surface area contributed by atoms with E-state index >= 15 is 0 Å². The minimum atomic E-state index is -3.74.